The molecule has 3 aromatic carbocycles. The van der Waals surface area contributed by atoms with Gasteiger partial charge < -0.3 is 18.9 Å². The van der Waals surface area contributed by atoms with E-state index in [1.807, 2.05) is 80.6 Å². The molecular weight excluding hydrogens is 492 g/mol. The number of hydrogen-bond acceptors (Lipinski definition) is 6. The van der Waals surface area contributed by atoms with Gasteiger partial charge >= 0.3 is 10.2 Å². The number of rotatable bonds is 11. The highest BCUT2D eigenvalue weighted by Crippen LogP contribution is 2.40. The van der Waals surface area contributed by atoms with E-state index in [0.29, 0.717) is 13.2 Å². The first kappa shape index (κ1) is 25.8. The Kier molecular flexibility index (Phi) is 9.03. The second kappa shape index (κ2) is 12.6. The Morgan fingerprint density at radius 3 is 1.56 bits per heavy atom. The Hall–Kier alpha value is -3.29. The number of benzene rings is 3. The molecule has 1 aromatic heterocycles. The molecule has 0 spiro atoms. The summed E-state index contributed by atoms with van der Waals surface area (Å²) in [5, 5.41) is 1.56. The van der Waals surface area contributed by atoms with Gasteiger partial charge in [0.1, 0.15) is 11.5 Å². The van der Waals surface area contributed by atoms with Crippen LogP contribution in [0.15, 0.2) is 103 Å². The first-order chi connectivity index (χ1) is 17.6. The first-order valence-corrected chi connectivity index (χ1v) is 13.3. The molecule has 0 amide bonds. The van der Waals surface area contributed by atoms with Gasteiger partial charge in [0.05, 0.1) is 39.6 Å². The molecule has 0 aliphatic rings. The van der Waals surface area contributed by atoms with Crippen LogP contribution in [0.2, 0.25) is 0 Å². The molecular formula is C29H29O5S2+. The van der Waals surface area contributed by atoms with E-state index in [0.717, 1.165) is 54.1 Å². The van der Waals surface area contributed by atoms with Crippen LogP contribution in [0, 0.1) is 0 Å². The van der Waals surface area contributed by atoms with Crippen molar-refractivity contribution in [2.24, 2.45) is 0 Å². The average Bonchev–Trinajstić information content (AvgIpc) is 2.91. The molecule has 0 fully saturated rings. The maximum atomic E-state index is 6.31. The smallest absolute Gasteiger partial charge is 0.394 e. The van der Waals surface area contributed by atoms with Crippen molar-refractivity contribution < 1.29 is 23.4 Å². The molecule has 0 saturated carbocycles. The highest BCUT2D eigenvalue weighted by atomic mass is 32.2. The molecule has 0 unspecified atom stereocenters. The van der Waals surface area contributed by atoms with Crippen LogP contribution >= 0.6 is 23.5 Å². The third kappa shape index (κ3) is 6.68. The van der Waals surface area contributed by atoms with Crippen LogP contribution in [0.5, 0.6) is 23.0 Å². The molecule has 7 heteroatoms. The molecule has 4 aromatic rings. The van der Waals surface area contributed by atoms with E-state index < -0.39 is 0 Å². The summed E-state index contributed by atoms with van der Waals surface area (Å²) in [4.78, 5) is 2.11. The quantitative estimate of drug-likeness (QED) is 0.184. The Bertz CT molecular complexity index is 1210. The van der Waals surface area contributed by atoms with Crippen molar-refractivity contribution in [2.75, 3.05) is 27.4 Å². The minimum Gasteiger partial charge on any atom is -0.497 e. The van der Waals surface area contributed by atoms with Crippen molar-refractivity contribution in [3.8, 4) is 34.1 Å². The van der Waals surface area contributed by atoms with E-state index in [1.54, 1.807) is 37.7 Å². The van der Waals surface area contributed by atoms with Crippen molar-refractivity contribution in [2.45, 2.75) is 33.8 Å². The second-order valence-electron chi connectivity index (χ2n) is 7.57. The summed E-state index contributed by atoms with van der Waals surface area (Å²) in [5.74, 6) is 3.10. The lowest BCUT2D eigenvalue weighted by Gasteiger charge is -2.12. The summed E-state index contributed by atoms with van der Waals surface area (Å²) < 4.78 is 28.5. The van der Waals surface area contributed by atoms with Crippen molar-refractivity contribution in [3.63, 3.8) is 0 Å². The maximum Gasteiger partial charge on any atom is 0.394 e. The molecule has 4 rings (SSSR count). The highest BCUT2D eigenvalue weighted by Gasteiger charge is 2.21. The van der Waals surface area contributed by atoms with E-state index in [2.05, 4.69) is 12.1 Å². The molecule has 186 valence electrons. The van der Waals surface area contributed by atoms with Gasteiger partial charge in [-0.15, -0.1) is 0 Å². The summed E-state index contributed by atoms with van der Waals surface area (Å²) in [6, 6.07) is 26.0. The van der Waals surface area contributed by atoms with Crippen molar-refractivity contribution in [3.05, 3.63) is 78.9 Å². The van der Waals surface area contributed by atoms with Crippen molar-refractivity contribution >= 4 is 23.5 Å². The van der Waals surface area contributed by atoms with Gasteiger partial charge in [-0.2, -0.15) is 4.42 Å². The van der Waals surface area contributed by atoms with Gasteiger partial charge in [-0.25, -0.2) is 0 Å². The molecule has 36 heavy (non-hydrogen) atoms. The third-order valence-electron chi connectivity index (χ3n) is 5.18. The lowest BCUT2D eigenvalue weighted by Crippen LogP contribution is -1.98. The van der Waals surface area contributed by atoms with Crippen LogP contribution < -0.4 is 18.9 Å². The van der Waals surface area contributed by atoms with Crippen molar-refractivity contribution in [1.82, 2.24) is 0 Å². The van der Waals surface area contributed by atoms with E-state index in [1.165, 1.54) is 0 Å². The number of methoxy groups -OCH3 is 2. The Balaban J connectivity index is 1.71. The third-order valence-corrected chi connectivity index (χ3v) is 7.00. The Labute approximate surface area is 220 Å². The summed E-state index contributed by atoms with van der Waals surface area (Å²) in [6.07, 6.45) is 0. The summed E-state index contributed by atoms with van der Waals surface area (Å²) in [6.45, 7) is 5.07. The van der Waals surface area contributed by atoms with Crippen LogP contribution in [-0.2, 0) is 0 Å². The van der Waals surface area contributed by atoms with E-state index >= 15 is 0 Å². The Morgan fingerprint density at radius 1 is 0.583 bits per heavy atom. The van der Waals surface area contributed by atoms with Gasteiger partial charge in [0.25, 0.3) is 0 Å². The van der Waals surface area contributed by atoms with Gasteiger partial charge in [0, 0.05) is 38.9 Å². The zero-order valence-electron chi connectivity index (χ0n) is 20.8. The SMILES string of the molecule is CCOc1ccc(-c2cc(Sc3ccc(OC)cc3)[o+]c(Sc3ccc(OC)cc3)c2)cc1OCC. The zero-order chi connectivity index (χ0) is 25.3. The van der Waals surface area contributed by atoms with Crippen LogP contribution in [-0.4, -0.2) is 27.4 Å². The first-order valence-electron chi connectivity index (χ1n) is 11.6. The van der Waals surface area contributed by atoms with Gasteiger partial charge in [-0.05, 0) is 80.1 Å². The van der Waals surface area contributed by atoms with Gasteiger partial charge in [-0.3, -0.25) is 0 Å². The monoisotopic (exact) mass is 521 g/mol. The number of ether oxygens (including phenoxy) is 4. The predicted octanol–water partition coefficient (Wildman–Crippen LogP) is 8.34. The average molecular weight is 522 g/mol. The summed E-state index contributed by atoms with van der Waals surface area (Å²) in [7, 11) is 3.33. The van der Waals surface area contributed by atoms with Gasteiger partial charge in [0.2, 0.25) is 0 Å². The molecule has 5 nitrogen and oxygen atoms in total. The van der Waals surface area contributed by atoms with E-state index in [-0.39, 0.29) is 0 Å². The summed E-state index contributed by atoms with van der Waals surface area (Å²) in [5.41, 5.74) is 2.04. The summed E-state index contributed by atoms with van der Waals surface area (Å²) >= 11 is 3.12. The molecule has 0 aliphatic carbocycles. The Morgan fingerprint density at radius 2 is 1.08 bits per heavy atom. The molecule has 0 saturated heterocycles. The maximum absolute atomic E-state index is 6.31. The fourth-order valence-electron chi connectivity index (χ4n) is 3.47. The van der Waals surface area contributed by atoms with Gasteiger partial charge in [-0.1, -0.05) is 6.07 Å². The van der Waals surface area contributed by atoms with Crippen LogP contribution in [0.3, 0.4) is 0 Å². The fourth-order valence-corrected chi connectivity index (χ4v) is 5.17. The van der Waals surface area contributed by atoms with Crippen LogP contribution in [0.4, 0.5) is 0 Å². The second-order valence-corrected chi connectivity index (χ2v) is 9.72. The lowest BCUT2D eigenvalue weighted by atomic mass is 10.1. The normalized spacial score (nSPS) is 10.7. The molecule has 0 atom stereocenters. The highest BCUT2D eigenvalue weighted by molar-refractivity contribution is 7.99. The van der Waals surface area contributed by atoms with Crippen LogP contribution in [0.1, 0.15) is 13.8 Å². The van der Waals surface area contributed by atoms with E-state index in [4.69, 9.17) is 23.4 Å². The molecule has 0 radical (unpaired) electrons. The zero-order valence-corrected chi connectivity index (χ0v) is 22.4. The molecule has 1 heterocycles. The fraction of sp³-hybridized carbons (Fsp3) is 0.207. The number of hydrogen-bond donors (Lipinski definition) is 0. The predicted molar refractivity (Wildman–Crippen MR) is 145 cm³/mol. The van der Waals surface area contributed by atoms with Crippen molar-refractivity contribution in [1.29, 1.82) is 0 Å². The van der Waals surface area contributed by atoms with Crippen LogP contribution in [0.25, 0.3) is 11.1 Å². The largest absolute Gasteiger partial charge is 0.497 e. The molecule has 0 N–H and O–H groups in total. The minimum absolute atomic E-state index is 0.560. The lowest BCUT2D eigenvalue weighted by molar-refractivity contribution is 0.288. The topological polar surface area (TPSA) is 48.2 Å². The molecule has 0 aliphatic heterocycles. The molecule has 0 bridgehead atoms. The van der Waals surface area contributed by atoms with E-state index in [9.17, 15) is 0 Å². The standard InChI is InChI=1S/C29H29O5S2/c1-5-32-26-16-7-20(17-27(26)33-6-2)21-18-28(35-24-12-8-22(30-3)9-13-24)34-29(19-21)36-25-14-10-23(31-4)11-15-25/h7-19H,5-6H2,1-4H3/q+1. The minimum atomic E-state index is 0.560. The van der Waals surface area contributed by atoms with Gasteiger partial charge in [0.15, 0.2) is 11.5 Å².